The maximum atomic E-state index is 4.02. The molecule has 3 aliphatic carbocycles. The van der Waals surface area contributed by atoms with Crippen molar-refractivity contribution in [3.8, 4) is 0 Å². The Hall–Kier alpha value is -0.0400. The van der Waals surface area contributed by atoms with Crippen molar-refractivity contribution < 1.29 is 0 Å². The van der Waals surface area contributed by atoms with Gasteiger partial charge in [-0.2, -0.15) is 0 Å². The molecule has 0 radical (unpaired) electrons. The Morgan fingerprint density at radius 2 is 1.44 bits per heavy atom. The average molecular weight is 249 g/mol. The zero-order valence-electron chi connectivity index (χ0n) is 12.2. The van der Waals surface area contributed by atoms with E-state index in [-0.39, 0.29) is 0 Å². The van der Waals surface area contributed by atoms with E-state index < -0.39 is 0 Å². The van der Waals surface area contributed by atoms with Gasteiger partial charge in [0.25, 0.3) is 0 Å². The summed E-state index contributed by atoms with van der Waals surface area (Å²) in [6, 6.07) is 1.71. The summed E-state index contributed by atoms with van der Waals surface area (Å²) in [7, 11) is 0. The molecule has 0 spiro atoms. The van der Waals surface area contributed by atoms with Crippen molar-refractivity contribution in [3.63, 3.8) is 0 Å². The molecule has 1 N–H and O–H groups in total. The van der Waals surface area contributed by atoms with Crippen LogP contribution < -0.4 is 5.32 Å². The number of hydrogen-bond donors (Lipinski definition) is 1. The highest BCUT2D eigenvalue weighted by molar-refractivity contribution is 4.88. The largest absolute Gasteiger partial charge is 0.311 e. The Kier molecular flexibility index (Phi) is 4.28. The normalized spacial score (nSPS) is 45.5. The highest BCUT2D eigenvalue weighted by Gasteiger charge is 2.33. The maximum Gasteiger partial charge on any atom is 0.00725 e. The van der Waals surface area contributed by atoms with E-state index in [1.807, 2.05) is 0 Å². The number of hydrogen-bond acceptors (Lipinski definition) is 1. The van der Waals surface area contributed by atoms with E-state index >= 15 is 0 Å². The predicted molar refractivity (Wildman–Crippen MR) is 77.6 cm³/mol. The second kappa shape index (κ2) is 5.94. The molecule has 3 saturated carbocycles. The predicted octanol–water partition coefficient (Wildman–Crippen LogP) is 4.51. The highest BCUT2D eigenvalue weighted by Crippen LogP contribution is 2.40. The van der Waals surface area contributed by atoms with Gasteiger partial charge >= 0.3 is 0 Å². The van der Waals surface area contributed by atoms with Crippen LogP contribution in [0.1, 0.15) is 77.6 Å². The summed E-state index contributed by atoms with van der Waals surface area (Å²) >= 11 is 0. The molecule has 0 aromatic heterocycles. The van der Waals surface area contributed by atoms with Crippen molar-refractivity contribution >= 4 is 0 Å². The maximum absolute atomic E-state index is 4.02. The Balaban J connectivity index is 1.48. The van der Waals surface area contributed by atoms with E-state index in [1.54, 1.807) is 0 Å². The van der Waals surface area contributed by atoms with Crippen LogP contribution in [0.3, 0.4) is 0 Å². The van der Waals surface area contributed by atoms with Crippen LogP contribution >= 0.6 is 0 Å². The van der Waals surface area contributed by atoms with Gasteiger partial charge in [-0.15, -0.1) is 0 Å². The van der Waals surface area contributed by atoms with Crippen molar-refractivity contribution in [1.82, 2.24) is 5.32 Å². The first kappa shape index (κ1) is 13.0. The molecule has 0 heterocycles. The number of rotatable bonds is 2. The third-order valence-electron chi connectivity index (χ3n) is 5.95. The molecule has 5 unspecified atom stereocenters. The zero-order chi connectivity index (χ0) is 12.4. The molecule has 0 aromatic rings. The molecule has 0 saturated heterocycles. The van der Waals surface area contributed by atoms with Crippen LogP contribution in [0.15, 0.2) is 0 Å². The van der Waals surface area contributed by atoms with Crippen LogP contribution in [-0.2, 0) is 0 Å². The quantitative estimate of drug-likeness (QED) is 0.759. The lowest BCUT2D eigenvalue weighted by Gasteiger charge is -2.41. The Bertz CT molecular complexity index is 262. The van der Waals surface area contributed by atoms with Crippen molar-refractivity contribution in [3.05, 3.63) is 0 Å². The Morgan fingerprint density at radius 3 is 2.28 bits per heavy atom. The van der Waals surface area contributed by atoms with Gasteiger partial charge < -0.3 is 5.32 Å². The monoisotopic (exact) mass is 249 g/mol. The zero-order valence-corrected chi connectivity index (χ0v) is 12.2. The third-order valence-corrected chi connectivity index (χ3v) is 5.95. The lowest BCUT2D eigenvalue weighted by Crippen LogP contribution is -2.45. The number of nitrogens with one attached hydrogen (secondary N) is 1. The molecule has 104 valence electrons. The molecule has 1 heteroatoms. The smallest absolute Gasteiger partial charge is 0.00725 e. The molecule has 0 bridgehead atoms. The van der Waals surface area contributed by atoms with Crippen LogP contribution in [0.25, 0.3) is 0 Å². The van der Waals surface area contributed by atoms with Crippen LogP contribution in [0.2, 0.25) is 0 Å². The van der Waals surface area contributed by atoms with Crippen molar-refractivity contribution in [2.75, 3.05) is 0 Å². The standard InChI is InChI=1S/C17H31N/c1-13-5-4-8-16(11-13)18-17-10-9-14-6-2-3-7-15(14)12-17/h13-18H,2-12H2,1H3. The molecule has 18 heavy (non-hydrogen) atoms. The fraction of sp³-hybridized carbons (Fsp3) is 1.00. The first-order chi connectivity index (χ1) is 8.81. The van der Waals surface area contributed by atoms with Gasteiger partial charge in [-0.1, -0.05) is 45.4 Å². The van der Waals surface area contributed by atoms with E-state index in [1.165, 1.54) is 70.6 Å². The topological polar surface area (TPSA) is 12.0 Å². The molecular weight excluding hydrogens is 218 g/mol. The van der Waals surface area contributed by atoms with Gasteiger partial charge in [0, 0.05) is 12.1 Å². The van der Waals surface area contributed by atoms with Crippen molar-refractivity contribution in [2.45, 2.75) is 89.6 Å². The van der Waals surface area contributed by atoms with Gasteiger partial charge in [-0.05, 0) is 49.9 Å². The van der Waals surface area contributed by atoms with Crippen molar-refractivity contribution in [2.24, 2.45) is 17.8 Å². The summed E-state index contributed by atoms with van der Waals surface area (Å²) in [4.78, 5) is 0. The highest BCUT2D eigenvalue weighted by atomic mass is 15.0. The fourth-order valence-corrected chi connectivity index (χ4v) is 4.94. The van der Waals surface area contributed by atoms with Gasteiger partial charge in [0.15, 0.2) is 0 Å². The van der Waals surface area contributed by atoms with E-state index in [9.17, 15) is 0 Å². The number of fused-ring (bicyclic) bond motifs is 1. The van der Waals surface area contributed by atoms with Gasteiger partial charge in [0.2, 0.25) is 0 Å². The van der Waals surface area contributed by atoms with Crippen LogP contribution in [0.4, 0.5) is 0 Å². The third kappa shape index (κ3) is 3.10. The lowest BCUT2D eigenvalue weighted by molar-refractivity contribution is 0.131. The average Bonchev–Trinajstić information content (AvgIpc) is 2.39. The molecule has 0 aromatic carbocycles. The SMILES string of the molecule is CC1CCCC(NC2CCC3CCCCC3C2)C1. The second-order valence-electron chi connectivity index (χ2n) is 7.45. The summed E-state index contributed by atoms with van der Waals surface area (Å²) in [5.41, 5.74) is 0. The Morgan fingerprint density at radius 1 is 0.667 bits per heavy atom. The lowest BCUT2D eigenvalue weighted by atomic mass is 9.69. The van der Waals surface area contributed by atoms with E-state index in [2.05, 4.69) is 12.2 Å². The fourth-order valence-electron chi connectivity index (χ4n) is 4.94. The minimum absolute atomic E-state index is 0.846. The molecule has 5 atom stereocenters. The summed E-state index contributed by atoms with van der Waals surface area (Å²) in [6.07, 6.45) is 16.4. The Labute approximate surface area is 113 Å². The van der Waals surface area contributed by atoms with Crippen molar-refractivity contribution in [1.29, 1.82) is 0 Å². The molecule has 3 rings (SSSR count). The van der Waals surface area contributed by atoms with E-state index in [0.29, 0.717) is 0 Å². The van der Waals surface area contributed by atoms with Crippen LogP contribution in [-0.4, -0.2) is 12.1 Å². The molecule has 1 nitrogen and oxygen atoms in total. The molecule has 3 aliphatic rings. The minimum Gasteiger partial charge on any atom is -0.311 e. The van der Waals surface area contributed by atoms with Crippen LogP contribution in [0, 0.1) is 17.8 Å². The summed E-state index contributed by atoms with van der Waals surface area (Å²) in [6.45, 7) is 2.44. The summed E-state index contributed by atoms with van der Waals surface area (Å²) in [5, 5.41) is 4.02. The summed E-state index contributed by atoms with van der Waals surface area (Å²) in [5.74, 6) is 3.13. The molecule has 3 fully saturated rings. The summed E-state index contributed by atoms with van der Waals surface area (Å²) < 4.78 is 0. The van der Waals surface area contributed by atoms with E-state index in [4.69, 9.17) is 0 Å². The van der Waals surface area contributed by atoms with Gasteiger partial charge in [0.1, 0.15) is 0 Å². The van der Waals surface area contributed by atoms with Crippen LogP contribution in [0.5, 0.6) is 0 Å². The van der Waals surface area contributed by atoms with E-state index in [0.717, 1.165) is 29.8 Å². The second-order valence-corrected chi connectivity index (χ2v) is 7.45. The van der Waals surface area contributed by atoms with Gasteiger partial charge in [-0.25, -0.2) is 0 Å². The molecule has 0 amide bonds. The minimum atomic E-state index is 0.846. The van der Waals surface area contributed by atoms with Gasteiger partial charge in [0.05, 0.1) is 0 Å². The van der Waals surface area contributed by atoms with Gasteiger partial charge in [-0.3, -0.25) is 0 Å². The molecule has 0 aliphatic heterocycles. The first-order valence-corrected chi connectivity index (χ1v) is 8.57. The first-order valence-electron chi connectivity index (χ1n) is 8.57. The molecular formula is C17H31N.